The van der Waals surface area contributed by atoms with Gasteiger partial charge in [0, 0.05) is 44.2 Å². The van der Waals surface area contributed by atoms with E-state index in [2.05, 4.69) is 16.8 Å². The molecular weight excluding hydrogens is 372 g/mol. The first-order chi connectivity index (χ1) is 13.8. The molecule has 0 spiro atoms. The standard InChI is InChI=1S/C22H28N2O5/c1-22(2)7-6-17-20-15(4-5-19(26)28-20)12-18(21(17)29-22)27-14-16(25)13-24-10-8-23(3)9-11-24/h4-7,12,16,25H,8-11,13-14H2,1-3H3. The number of β-amino-alcohol motifs (C(OH)–C–C–N with tert-alkyl or cyclic N) is 1. The van der Waals surface area contributed by atoms with Crippen molar-refractivity contribution in [3.8, 4) is 11.5 Å². The van der Waals surface area contributed by atoms with E-state index >= 15 is 0 Å². The largest absolute Gasteiger partial charge is 0.487 e. The van der Waals surface area contributed by atoms with Crippen molar-refractivity contribution in [3.63, 3.8) is 0 Å². The van der Waals surface area contributed by atoms with Crippen LogP contribution < -0.4 is 15.1 Å². The van der Waals surface area contributed by atoms with E-state index in [9.17, 15) is 9.90 Å². The SMILES string of the molecule is CN1CCN(CC(O)COc2cc3ccc(=O)oc3c3c2OC(C)(C)C=C3)CC1. The molecule has 29 heavy (non-hydrogen) atoms. The van der Waals surface area contributed by atoms with Crippen molar-refractivity contribution in [2.24, 2.45) is 0 Å². The van der Waals surface area contributed by atoms with E-state index in [-0.39, 0.29) is 6.61 Å². The van der Waals surface area contributed by atoms with Crippen LogP contribution in [0, 0.1) is 0 Å². The molecule has 3 heterocycles. The summed E-state index contributed by atoms with van der Waals surface area (Å²) >= 11 is 0. The molecule has 7 nitrogen and oxygen atoms in total. The van der Waals surface area contributed by atoms with E-state index in [1.807, 2.05) is 26.0 Å². The Morgan fingerprint density at radius 3 is 2.76 bits per heavy atom. The van der Waals surface area contributed by atoms with Gasteiger partial charge in [0.05, 0.1) is 5.56 Å². The number of hydrogen-bond acceptors (Lipinski definition) is 7. The third-order valence-electron chi connectivity index (χ3n) is 5.38. The molecule has 1 aromatic heterocycles. The minimum atomic E-state index is -0.606. The molecule has 0 aliphatic carbocycles. The zero-order valence-corrected chi connectivity index (χ0v) is 17.2. The number of ether oxygens (including phenoxy) is 2. The van der Waals surface area contributed by atoms with E-state index < -0.39 is 17.3 Å². The molecule has 2 aliphatic heterocycles. The lowest BCUT2D eigenvalue weighted by Gasteiger charge is -2.33. The Hall–Kier alpha value is -2.35. The van der Waals surface area contributed by atoms with E-state index in [4.69, 9.17) is 13.9 Å². The summed E-state index contributed by atoms with van der Waals surface area (Å²) in [5, 5.41) is 11.2. The lowest BCUT2D eigenvalue weighted by molar-refractivity contribution is 0.0484. The fraction of sp³-hybridized carbons (Fsp3) is 0.500. The number of fused-ring (bicyclic) bond motifs is 3. The van der Waals surface area contributed by atoms with Gasteiger partial charge in [0.1, 0.15) is 23.9 Å². The number of piperazine rings is 1. The first-order valence-electron chi connectivity index (χ1n) is 10.0. The zero-order chi connectivity index (χ0) is 20.6. The van der Waals surface area contributed by atoms with Crippen LogP contribution in [0.1, 0.15) is 19.4 Å². The number of aliphatic hydroxyl groups is 1. The van der Waals surface area contributed by atoms with Gasteiger partial charge in [-0.3, -0.25) is 4.90 Å². The third-order valence-corrected chi connectivity index (χ3v) is 5.38. The average molecular weight is 400 g/mol. The number of aliphatic hydroxyl groups excluding tert-OH is 1. The summed E-state index contributed by atoms with van der Waals surface area (Å²) in [6.07, 6.45) is 3.22. The van der Waals surface area contributed by atoms with Crippen molar-refractivity contribution in [1.82, 2.24) is 9.80 Å². The summed E-state index contributed by atoms with van der Waals surface area (Å²) in [7, 11) is 2.11. The zero-order valence-electron chi connectivity index (χ0n) is 17.2. The van der Waals surface area contributed by atoms with E-state index in [0.29, 0.717) is 29.2 Å². The van der Waals surface area contributed by atoms with Gasteiger partial charge in [-0.1, -0.05) is 0 Å². The predicted octanol–water partition coefficient (Wildman–Crippen LogP) is 1.96. The highest BCUT2D eigenvalue weighted by Crippen LogP contribution is 2.43. The minimum absolute atomic E-state index is 0.161. The van der Waals surface area contributed by atoms with Gasteiger partial charge in [-0.2, -0.15) is 0 Å². The highest BCUT2D eigenvalue weighted by molar-refractivity contribution is 5.91. The molecule has 0 amide bonds. The van der Waals surface area contributed by atoms with Crippen molar-refractivity contribution in [2.45, 2.75) is 25.6 Å². The Balaban J connectivity index is 1.55. The molecule has 1 fully saturated rings. The number of nitrogens with zero attached hydrogens (tertiary/aromatic N) is 2. The Kier molecular flexibility index (Phi) is 5.38. The molecule has 1 aromatic carbocycles. The lowest BCUT2D eigenvalue weighted by Crippen LogP contribution is -2.47. The van der Waals surface area contributed by atoms with Gasteiger partial charge in [-0.15, -0.1) is 0 Å². The fourth-order valence-corrected chi connectivity index (χ4v) is 3.71. The summed E-state index contributed by atoms with van der Waals surface area (Å²) < 4.78 is 17.5. The Labute approximate surface area is 170 Å². The monoisotopic (exact) mass is 400 g/mol. The van der Waals surface area contributed by atoms with Crippen LogP contribution in [0.25, 0.3) is 17.0 Å². The molecule has 0 bridgehead atoms. The number of rotatable bonds is 5. The Bertz CT molecular complexity index is 973. The Morgan fingerprint density at radius 1 is 1.24 bits per heavy atom. The van der Waals surface area contributed by atoms with E-state index in [0.717, 1.165) is 31.6 Å². The number of benzene rings is 1. The van der Waals surface area contributed by atoms with Crippen molar-refractivity contribution in [3.05, 3.63) is 40.3 Å². The van der Waals surface area contributed by atoms with Crippen LogP contribution in [0.4, 0.5) is 0 Å². The van der Waals surface area contributed by atoms with Gasteiger partial charge in [0.2, 0.25) is 0 Å². The van der Waals surface area contributed by atoms with Crippen LogP contribution in [-0.4, -0.2) is 73.0 Å². The fourth-order valence-electron chi connectivity index (χ4n) is 3.71. The van der Waals surface area contributed by atoms with Crippen molar-refractivity contribution in [1.29, 1.82) is 0 Å². The average Bonchev–Trinajstić information content (AvgIpc) is 2.67. The van der Waals surface area contributed by atoms with Crippen LogP contribution in [0.5, 0.6) is 11.5 Å². The highest BCUT2D eigenvalue weighted by atomic mass is 16.5. The molecule has 1 saturated heterocycles. The number of likely N-dealkylation sites (N-methyl/N-ethyl adjacent to an activating group) is 1. The summed E-state index contributed by atoms with van der Waals surface area (Å²) in [6.45, 7) is 8.53. The second kappa shape index (κ2) is 7.82. The minimum Gasteiger partial charge on any atom is -0.487 e. The van der Waals surface area contributed by atoms with Crippen LogP contribution in [-0.2, 0) is 0 Å². The van der Waals surface area contributed by atoms with E-state index in [1.165, 1.54) is 6.07 Å². The van der Waals surface area contributed by atoms with Crippen LogP contribution in [0.2, 0.25) is 0 Å². The quantitative estimate of drug-likeness (QED) is 0.769. The van der Waals surface area contributed by atoms with E-state index in [1.54, 1.807) is 12.1 Å². The summed E-state index contributed by atoms with van der Waals surface area (Å²) in [4.78, 5) is 16.2. The lowest BCUT2D eigenvalue weighted by atomic mass is 10.00. The normalized spacial score (nSPS) is 20.3. The van der Waals surface area contributed by atoms with Crippen molar-refractivity contribution in [2.75, 3.05) is 46.4 Å². The maximum Gasteiger partial charge on any atom is 0.336 e. The molecular formula is C22H28N2O5. The van der Waals surface area contributed by atoms with Gasteiger partial charge in [0.25, 0.3) is 0 Å². The van der Waals surface area contributed by atoms with Crippen LogP contribution in [0.15, 0.2) is 33.5 Å². The second-order valence-electron chi connectivity index (χ2n) is 8.40. The molecule has 1 atom stereocenters. The molecule has 0 radical (unpaired) electrons. The molecule has 7 heteroatoms. The van der Waals surface area contributed by atoms with Crippen molar-refractivity contribution < 1.29 is 19.0 Å². The topological polar surface area (TPSA) is 75.4 Å². The highest BCUT2D eigenvalue weighted by Gasteiger charge is 2.28. The Morgan fingerprint density at radius 2 is 2.00 bits per heavy atom. The molecule has 1 unspecified atom stereocenters. The molecule has 4 rings (SSSR count). The summed E-state index contributed by atoms with van der Waals surface area (Å²) in [5.41, 5.74) is 0.244. The van der Waals surface area contributed by atoms with Gasteiger partial charge < -0.3 is 23.9 Å². The molecule has 156 valence electrons. The number of hydrogen-bond donors (Lipinski definition) is 1. The molecule has 0 saturated carbocycles. The smallest absolute Gasteiger partial charge is 0.336 e. The predicted molar refractivity (Wildman–Crippen MR) is 112 cm³/mol. The van der Waals surface area contributed by atoms with Gasteiger partial charge in [0.15, 0.2) is 11.5 Å². The maximum absolute atomic E-state index is 11.7. The van der Waals surface area contributed by atoms with Gasteiger partial charge >= 0.3 is 5.63 Å². The van der Waals surface area contributed by atoms with Gasteiger partial charge in [-0.25, -0.2) is 4.79 Å². The van der Waals surface area contributed by atoms with Gasteiger partial charge in [-0.05, 0) is 45.2 Å². The second-order valence-corrected chi connectivity index (χ2v) is 8.40. The van der Waals surface area contributed by atoms with Crippen molar-refractivity contribution >= 4 is 17.0 Å². The molecule has 1 N–H and O–H groups in total. The van der Waals surface area contributed by atoms with Crippen LogP contribution in [0.3, 0.4) is 0 Å². The molecule has 2 aromatic rings. The first-order valence-corrected chi connectivity index (χ1v) is 10.0. The third kappa shape index (κ3) is 4.47. The molecule has 2 aliphatic rings. The maximum atomic E-state index is 11.7. The van der Waals surface area contributed by atoms with Crippen LogP contribution >= 0.6 is 0 Å². The summed E-state index contributed by atoms with van der Waals surface area (Å²) in [5.74, 6) is 1.07. The summed E-state index contributed by atoms with van der Waals surface area (Å²) in [6, 6.07) is 4.90. The first kappa shape index (κ1) is 19.9.